The molecule has 0 unspecified atom stereocenters. The molecule has 6 nitrogen and oxygen atoms in total. The van der Waals surface area contributed by atoms with E-state index >= 15 is 0 Å². The quantitative estimate of drug-likeness (QED) is 0.440. The molecule has 8 heteroatoms. The molecular weight excluding hydrogens is 399 g/mol. The molecule has 0 aromatic heterocycles. The number of amides is 1. The summed E-state index contributed by atoms with van der Waals surface area (Å²) in [4.78, 5) is 22.5. The fourth-order valence-electron chi connectivity index (χ4n) is 2.53. The Kier molecular flexibility index (Phi) is 6.41. The van der Waals surface area contributed by atoms with Gasteiger partial charge in [-0.2, -0.15) is 0 Å². The normalized spacial score (nSPS) is 10.4. The van der Waals surface area contributed by atoms with E-state index in [1.165, 1.54) is 24.3 Å². The van der Waals surface area contributed by atoms with E-state index in [1.807, 2.05) is 0 Å². The molecule has 3 aromatic carbocycles. The van der Waals surface area contributed by atoms with Gasteiger partial charge >= 0.3 is 0 Å². The molecule has 3 aromatic rings. The van der Waals surface area contributed by atoms with Gasteiger partial charge < -0.3 is 10.1 Å². The fraction of sp³-hybridized carbons (Fsp3) is 0.0952. The van der Waals surface area contributed by atoms with Crippen molar-refractivity contribution in [3.63, 3.8) is 0 Å². The van der Waals surface area contributed by atoms with Crippen molar-refractivity contribution in [1.29, 1.82) is 0 Å². The number of hydrogen-bond acceptors (Lipinski definition) is 4. The Morgan fingerprint density at radius 3 is 2.34 bits per heavy atom. The smallest absolute Gasteiger partial charge is 0.288 e. The number of hydrogen-bond donors (Lipinski definition) is 1. The molecule has 0 aliphatic heterocycles. The lowest BCUT2D eigenvalue weighted by Crippen LogP contribution is -2.22. The standard InChI is InChI=1S/C21H16ClFN2O4/c22-19-10-5-16(11-20(19)25(27)28)21(26)24-12-14-3-8-18(9-4-14)29-13-15-1-6-17(23)7-2-15/h1-11H,12-13H2,(H,24,26). The molecule has 0 atom stereocenters. The van der Waals surface area contributed by atoms with E-state index in [0.29, 0.717) is 12.4 Å². The molecule has 29 heavy (non-hydrogen) atoms. The van der Waals surface area contributed by atoms with E-state index in [0.717, 1.165) is 17.2 Å². The number of nitrogens with one attached hydrogen (secondary N) is 1. The number of nitrogens with zero attached hydrogens (tertiary/aromatic N) is 1. The van der Waals surface area contributed by atoms with Crippen molar-refractivity contribution in [2.45, 2.75) is 13.2 Å². The van der Waals surface area contributed by atoms with Crippen molar-refractivity contribution in [3.8, 4) is 5.75 Å². The maximum absolute atomic E-state index is 12.9. The third kappa shape index (κ3) is 5.52. The number of benzene rings is 3. The van der Waals surface area contributed by atoms with Gasteiger partial charge in [-0.25, -0.2) is 4.39 Å². The van der Waals surface area contributed by atoms with Crippen LogP contribution in [0.5, 0.6) is 5.75 Å². The van der Waals surface area contributed by atoms with E-state index in [-0.39, 0.29) is 28.6 Å². The predicted octanol–water partition coefficient (Wildman–Crippen LogP) is 4.90. The van der Waals surface area contributed by atoms with Crippen LogP contribution < -0.4 is 10.1 Å². The Hall–Kier alpha value is -3.45. The molecule has 0 radical (unpaired) electrons. The summed E-state index contributed by atoms with van der Waals surface area (Å²) in [6, 6.07) is 17.1. The SMILES string of the molecule is O=C(NCc1ccc(OCc2ccc(F)cc2)cc1)c1ccc(Cl)c([N+](=O)[O-])c1. The molecule has 0 heterocycles. The van der Waals surface area contributed by atoms with Gasteiger partial charge in [-0.1, -0.05) is 35.9 Å². The van der Waals surface area contributed by atoms with Crippen molar-refractivity contribution in [1.82, 2.24) is 5.32 Å². The number of nitro benzene ring substituents is 1. The molecule has 0 aliphatic rings. The van der Waals surface area contributed by atoms with Crippen molar-refractivity contribution in [3.05, 3.63) is 104 Å². The summed E-state index contributed by atoms with van der Waals surface area (Å²) in [5.41, 5.74) is 1.51. The molecule has 1 amide bonds. The van der Waals surface area contributed by atoms with E-state index < -0.39 is 10.8 Å². The second-order valence-electron chi connectivity index (χ2n) is 6.17. The topological polar surface area (TPSA) is 81.5 Å². The first kappa shape index (κ1) is 20.3. The van der Waals surface area contributed by atoms with Crippen LogP contribution in [-0.4, -0.2) is 10.8 Å². The highest BCUT2D eigenvalue weighted by Gasteiger charge is 2.16. The van der Waals surface area contributed by atoms with Gasteiger partial charge in [0.1, 0.15) is 23.2 Å². The summed E-state index contributed by atoms with van der Waals surface area (Å²) < 4.78 is 18.5. The zero-order chi connectivity index (χ0) is 20.8. The number of carbonyl (C=O) groups excluding carboxylic acids is 1. The summed E-state index contributed by atoms with van der Waals surface area (Å²) in [7, 11) is 0. The minimum absolute atomic E-state index is 0.0252. The summed E-state index contributed by atoms with van der Waals surface area (Å²) >= 11 is 5.75. The van der Waals surface area contributed by atoms with E-state index in [9.17, 15) is 19.3 Å². The first-order valence-electron chi connectivity index (χ1n) is 8.61. The number of halogens is 2. The zero-order valence-electron chi connectivity index (χ0n) is 15.1. The highest BCUT2D eigenvalue weighted by Crippen LogP contribution is 2.25. The zero-order valence-corrected chi connectivity index (χ0v) is 15.9. The minimum Gasteiger partial charge on any atom is -0.489 e. The maximum Gasteiger partial charge on any atom is 0.288 e. The van der Waals surface area contributed by atoms with Crippen molar-refractivity contribution in [2.24, 2.45) is 0 Å². The van der Waals surface area contributed by atoms with Gasteiger partial charge in [-0.05, 0) is 47.5 Å². The Morgan fingerprint density at radius 2 is 1.69 bits per heavy atom. The largest absolute Gasteiger partial charge is 0.489 e. The number of nitro groups is 1. The van der Waals surface area contributed by atoms with Gasteiger partial charge in [0.15, 0.2) is 0 Å². The van der Waals surface area contributed by atoms with E-state index in [2.05, 4.69) is 5.32 Å². The molecule has 148 valence electrons. The Balaban J connectivity index is 1.54. The van der Waals surface area contributed by atoms with Gasteiger partial charge in [0.25, 0.3) is 11.6 Å². The van der Waals surface area contributed by atoms with Crippen LogP contribution in [0, 0.1) is 15.9 Å². The molecule has 0 saturated heterocycles. The average molecular weight is 415 g/mol. The molecule has 3 rings (SSSR count). The van der Waals surface area contributed by atoms with Crippen LogP contribution in [0.2, 0.25) is 5.02 Å². The summed E-state index contributed by atoms with van der Waals surface area (Å²) in [6.07, 6.45) is 0. The first-order chi connectivity index (χ1) is 13.9. The Morgan fingerprint density at radius 1 is 1.03 bits per heavy atom. The van der Waals surface area contributed by atoms with E-state index in [1.54, 1.807) is 36.4 Å². The molecule has 0 aliphatic carbocycles. The summed E-state index contributed by atoms with van der Waals surface area (Å²) in [6.45, 7) is 0.555. The van der Waals surface area contributed by atoms with Crippen LogP contribution in [-0.2, 0) is 13.2 Å². The molecule has 0 fully saturated rings. The fourth-order valence-corrected chi connectivity index (χ4v) is 2.72. The second kappa shape index (κ2) is 9.16. The molecule has 0 bridgehead atoms. The van der Waals surface area contributed by atoms with Gasteiger partial charge in [0, 0.05) is 18.2 Å². The third-order valence-corrected chi connectivity index (χ3v) is 4.42. The van der Waals surface area contributed by atoms with Gasteiger partial charge in [0.2, 0.25) is 0 Å². The molecule has 0 spiro atoms. The minimum atomic E-state index is -0.635. The highest BCUT2D eigenvalue weighted by atomic mass is 35.5. The lowest BCUT2D eigenvalue weighted by atomic mass is 10.1. The summed E-state index contributed by atoms with van der Waals surface area (Å²) in [5, 5.41) is 13.6. The average Bonchev–Trinajstić information content (AvgIpc) is 2.72. The van der Waals surface area contributed by atoms with Crippen molar-refractivity contribution < 1.29 is 18.8 Å². The van der Waals surface area contributed by atoms with Gasteiger partial charge in [-0.15, -0.1) is 0 Å². The monoisotopic (exact) mass is 414 g/mol. The first-order valence-corrected chi connectivity index (χ1v) is 8.98. The Bertz CT molecular complexity index is 1020. The van der Waals surface area contributed by atoms with Crippen LogP contribution in [0.4, 0.5) is 10.1 Å². The molecule has 0 saturated carbocycles. The van der Waals surface area contributed by atoms with Crippen LogP contribution in [0.3, 0.4) is 0 Å². The lowest BCUT2D eigenvalue weighted by molar-refractivity contribution is -0.384. The maximum atomic E-state index is 12.9. The lowest BCUT2D eigenvalue weighted by Gasteiger charge is -2.09. The highest BCUT2D eigenvalue weighted by molar-refractivity contribution is 6.32. The molecule has 1 N–H and O–H groups in total. The third-order valence-electron chi connectivity index (χ3n) is 4.10. The second-order valence-corrected chi connectivity index (χ2v) is 6.57. The number of carbonyl (C=O) groups is 1. The molecular formula is C21H16ClFN2O4. The van der Waals surface area contributed by atoms with Gasteiger partial charge in [-0.3, -0.25) is 14.9 Å². The number of rotatable bonds is 7. The van der Waals surface area contributed by atoms with Crippen molar-refractivity contribution in [2.75, 3.05) is 0 Å². The summed E-state index contributed by atoms with van der Waals surface area (Å²) in [5.74, 6) is -0.104. The predicted molar refractivity (Wildman–Crippen MR) is 106 cm³/mol. The van der Waals surface area contributed by atoms with Crippen LogP contribution in [0.25, 0.3) is 0 Å². The van der Waals surface area contributed by atoms with Crippen molar-refractivity contribution >= 4 is 23.2 Å². The number of ether oxygens (including phenoxy) is 1. The van der Waals surface area contributed by atoms with Crippen LogP contribution in [0.1, 0.15) is 21.5 Å². The van der Waals surface area contributed by atoms with E-state index in [4.69, 9.17) is 16.3 Å². The van der Waals surface area contributed by atoms with Crippen LogP contribution >= 0.6 is 11.6 Å². The Labute approximate surface area is 171 Å². The van der Waals surface area contributed by atoms with Crippen LogP contribution in [0.15, 0.2) is 66.7 Å². The van der Waals surface area contributed by atoms with Gasteiger partial charge in [0.05, 0.1) is 4.92 Å².